The largest absolute Gasteiger partial charge is 0.506 e. The highest BCUT2D eigenvalue weighted by Crippen LogP contribution is 2.29. The molecule has 0 amide bonds. The number of ether oxygens (including phenoxy) is 1. The third kappa shape index (κ3) is 0.777. The molecule has 4 heteroatoms. The Hall–Kier alpha value is -1.58. The number of carbonyl (C=O) groups excluding carboxylic acids is 1. The molecule has 2 heterocycles. The number of rotatable bonds is 0. The average Bonchev–Trinajstić information content (AvgIpc) is 2.41. The van der Waals surface area contributed by atoms with E-state index in [2.05, 4.69) is 4.98 Å². The SMILES string of the molecule is Cc1ncc2c(c1O)COC2=O. The van der Waals surface area contributed by atoms with Crippen LogP contribution in [0.2, 0.25) is 0 Å². The van der Waals surface area contributed by atoms with Crippen molar-refractivity contribution in [3.8, 4) is 5.75 Å². The Morgan fingerprint density at radius 1 is 1.67 bits per heavy atom. The van der Waals surface area contributed by atoms with Crippen molar-refractivity contribution in [2.75, 3.05) is 0 Å². The number of fused-ring (bicyclic) bond motifs is 1. The van der Waals surface area contributed by atoms with E-state index in [4.69, 9.17) is 4.74 Å². The van der Waals surface area contributed by atoms with Gasteiger partial charge in [-0.25, -0.2) is 4.79 Å². The van der Waals surface area contributed by atoms with E-state index in [1.54, 1.807) is 6.92 Å². The van der Waals surface area contributed by atoms with Crippen molar-refractivity contribution in [1.29, 1.82) is 0 Å². The van der Waals surface area contributed by atoms with Gasteiger partial charge in [0.15, 0.2) is 0 Å². The standard InChI is InChI=1S/C8H7NO3/c1-4-7(10)6-3-12-8(11)5(6)2-9-4/h2,10H,3H2,1H3. The number of nitrogens with zero attached hydrogens (tertiary/aromatic N) is 1. The molecule has 1 aromatic rings. The fourth-order valence-corrected chi connectivity index (χ4v) is 1.18. The van der Waals surface area contributed by atoms with Crippen LogP contribution in [-0.4, -0.2) is 16.1 Å². The van der Waals surface area contributed by atoms with Gasteiger partial charge in [-0.05, 0) is 6.92 Å². The van der Waals surface area contributed by atoms with Crippen molar-refractivity contribution in [3.63, 3.8) is 0 Å². The van der Waals surface area contributed by atoms with Crippen molar-refractivity contribution >= 4 is 5.97 Å². The third-order valence-electron chi connectivity index (χ3n) is 1.91. The molecule has 0 saturated carbocycles. The number of esters is 1. The van der Waals surface area contributed by atoms with Crippen LogP contribution in [0.25, 0.3) is 0 Å². The summed E-state index contributed by atoms with van der Waals surface area (Å²) in [6, 6.07) is 0. The lowest BCUT2D eigenvalue weighted by Crippen LogP contribution is -1.95. The summed E-state index contributed by atoms with van der Waals surface area (Å²) in [4.78, 5) is 14.8. The predicted molar refractivity (Wildman–Crippen MR) is 39.8 cm³/mol. The van der Waals surface area contributed by atoms with Gasteiger partial charge in [0.05, 0.1) is 11.3 Å². The Labute approximate surface area is 68.8 Å². The molecule has 0 saturated heterocycles. The lowest BCUT2D eigenvalue weighted by atomic mass is 10.1. The number of cyclic esters (lactones) is 1. The van der Waals surface area contributed by atoms with Gasteiger partial charge in [0, 0.05) is 11.8 Å². The molecule has 1 aliphatic heterocycles. The second-order valence-corrected chi connectivity index (χ2v) is 2.66. The van der Waals surface area contributed by atoms with E-state index >= 15 is 0 Å². The van der Waals surface area contributed by atoms with Gasteiger partial charge in [-0.1, -0.05) is 0 Å². The highest BCUT2D eigenvalue weighted by atomic mass is 16.5. The van der Waals surface area contributed by atoms with Crippen LogP contribution >= 0.6 is 0 Å². The van der Waals surface area contributed by atoms with Gasteiger partial charge < -0.3 is 9.84 Å². The van der Waals surface area contributed by atoms with E-state index in [0.29, 0.717) is 16.8 Å². The van der Waals surface area contributed by atoms with Gasteiger partial charge >= 0.3 is 5.97 Å². The minimum absolute atomic E-state index is 0.0679. The number of carbonyl (C=O) groups is 1. The molecule has 12 heavy (non-hydrogen) atoms. The van der Waals surface area contributed by atoms with Gasteiger partial charge in [-0.15, -0.1) is 0 Å². The normalized spacial score (nSPS) is 14.2. The van der Waals surface area contributed by atoms with E-state index < -0.39 is 5.97 Å². The molecular formula is C8H7NO3. The van der Waals surface area contributed by atoms with Gasteiger partial charge in [0.1, 0.15) is 12.4 Å². The van der Waals surface area contributed by atoms with Crippen LogP contribution in [0.4, 0.5) is 0 Å². The van der Waals surface area contributed by atoms with Crippen LogP contribution in [0, 0.1) is 6.92 Å². The first-order valence-corrected chi connectivity index (χ1v) is 3.54. The quantitative estimate of drug-likeness (QED) is 0.577. The van der Waals surface area contributed by atoms with Crippen LogP contribution in [0.1, 0.15) is 21.6 Å². The minimum Gasteiger partial charge on any atom is -0.506 e. The maximum atomic E-state index is 11.0. The summed E-state index contributed by atoms with van der Waals surface area (Å²) in [5.41, 5.74) is 1.44. The fraction of sp³-hybridized carbons (Fsp3) is 0.250. The van der Waals surface area contributed by atoms with Gasteiger partial charge in [-0.3, -0.25) is 4.98 Å². The molecule has 0 aliphatic carbocycles. The van der Waals surface area contributed by atoms with E-state index in [-0.39, 0.29) is 12.4 Å². The average molecular weight is 165 g/mol. The maximum Gasteiger partial charge on any atom is 0.340 e. The first-order chi connectivity index (χ1) is 5.70. The lowest BCUT2D eigenvalue weighted by Gasteiger charge is -2.00. The number of pyridine rings is 1. The Kier molecular flexibility index (Phi) is 1.30. The number of hydrogen-bond acceptors (Lipinski definition) is 4. The van der Waals surface area contributed by atoms with E-state index in [9.17, 15) is 9.90 Å². The molecule has 4 nitrogen and oxygen atoms in total. The zero-order valence-corrected chi connectivity index (χ0v) is 6.50. The fourth-order valence-electron chi connectivity index (χ4n) is 1.18. The van der Waals surface area contributed by atoms with E-state index in [1.807, 2.05) is 0 Å². The molecule has 0 aromatic carbocycles. The van der Waals surface area contributed by atoms with Crippen molar-refractivity contribution in [2.24, 2.45) is 0 Å². The molecular weight excluding hydrogens is 158 g/mol. The second-order valence-electron chi connectivity index (χ2n) is 2.66. The lowest BCUT2D eigenvalue weighted by molar-refractivity contribution is 0.0534. The summed E-state index contributed by atoms with van der Waals surface area (Å²) in [6.45, 7) is 1.84. The monoisotopic (exact) mass is 165 g/mol. The topological polar surface area (TPSA) is 59.4 Å². The van der Waals surface area contributed by atoms with Crippen molar-refractivity contribution in [1.82, 2.24) is 4.98 Å². The molecule has 1 aromatic heterocycles. The molecule has 0 fully saturated rings. The van der Waals surface area contributed by atoms with Crippen molar-refractivity contribution in [2.45, 2.75) is 13.5 Å². The second kappa shape index (κ2) is 2.20. The number of aryl methyl sites for hydroxylation is 1. The smallest absolute Gasteiger partial charge is 0.340 e. The highest BCUT2D eigenvalue weighted by molar-refractivity contribution is 5.93. The molecule has 0 spiro atoms. The maximum absolute atomic E-state index is 11.0. The van der Waals surface area contributed by atoms with E-state index in [0.717, 1.165) is 0 Å². The molecule has 0 unspecified atom stereocenters. The summed E-state index contributed by atoms with van der Waals surface area (Å²) < 4.78 is 4.72. The van der Waals surface area contributed by atoms with Crippen molar-refractivity contribution in [3.05, 3.63) is 23.0 Å². The van der Waals surface area contributed by atoms with Crippen LogP contribution in [-0.2, 0) is 11.3 Å². The highest BCUT2D eigenvalue weighted by Gasteiger charge is 2.25. The first kappa shape index (κ1) is 7.09. The molecule has 1 N–H and O–H groups in total. The van der Waals surface area contributed by atoms with Crippen LogP contribution in [0.15, 0.2) is 6.20 Å². The number of hydrogen-bond donors (Lipinski definition) is 1. The molecule has 62 valence electrons. The summed E-state index contributed by atoms with van der Waals surface area (Å²) in [5, 5.41) is 9.44. The third-order valence-corrected chi connectivity index (χ3v) is 1.91. The van der Waals surface area contributed by atoms with E-state index in [1.165, 1.54) is 6.20 Å². The summed E-state index contributed by atoms with van der Waals surface area (Å²) in [6.07, 6.45) is 1.43. The number of aromatic nitrogens is 1. The van der Waals surface area contributed by atoms with Gasteiger partial charge in [0.25, 0.3) is 0 Å². The van der Waals surface area contributed by atoms with Crippen LogP contribution in [0.5, 0.6) is 5.75 Å². The van der Waals surface area contributed by atoms with Gasteiger partial charge in [0.2, 0.25) is 0 Å². The van der Waals surface area contributed by atoms with Crippen molar-refractivity contribution < 1.29 is 14.6 Å². The van der Waals surface area contributed by atoms with Crippen LogP contribution in [0.3, 0.4) is 0 Å². The Bertz CT molecular complexity index is 360. The molecule has 2 rings (SSSR count). The summed E-state index contributed by atoms with van der Waals surface area (Å²) >= 11 is 0. The number of aromatic hydroxyl groups is 1. The zero-order chi connectivity index (χ0) is 8.72. The Balaban J connectivity index is 2.68. The van der Waals surface area contributed by atoms with Crippen LogP contribution < -0.4 is 0 Å². The molecule has 0 bridgehead atoms. The molecule has 0 atom stereocenters. The molecule has 1 aliphatic rings. The first-order valence-electron chi connectivity index (χ1n) is 3.54. The summed E-state index contributed by atoms with van der Waals surface area (Å²) in [7, 11) is 0. The zero-order valence-electron chi connectivity index (χ0n) is 6.50. The predicted octanol–water partition coefficient (Wildman–Crippen LogP) is 0.766. The van der Waals surface area contributed by atoms with Gasteiger partial charge in [-0.2, -0.15) is 0 Å². The Morgan fingerprint density at radius 3 is 3.17 bits per heavy atom. The minimum atomic E-state index is -0.409. The summed E-state index contributed by atoms with van der Waals surface area (Å²) in [5.74, 6) is -0.342. The Morgan fingerprint density at radius 2 is 2.42 bits per heavy atom. The molecule has 0 radical (unpaired) electrons.